The molecule has 6 heteroatoms. The van der Waals surface area contributed by atoms with E-state index in [9.17, 15) is 8.42 Å². The molecule has 0 radical (unpaired) electrons. The second-order valence-electron chi connectivity index (χ2n) is 9.42. The molecule has 0 amide bonds. The number of pyridine rings is 1. The Hall–Kier alpha value is -3.22. The maximum atomic E-state index is 13.2. The minimum absolute atomic E-state index is 0.0886. The Balaban J connectivity index is 1.41. The number of rotatable bonds is 9. The summed E-state index contributed by atoms with van der Waals surface area (Å²) in [7, 11) is -3.63. The van der Waals surface area contributed by atoms with Crippen LogP contribution in [0.2, 0.25) is 0 Å². The molecule has 1 aromatic heterocycles. The normalized spacial score (nSPS) is 15.6. The van der Waals surface area contributed by atoms with Crippen LogP contribution < -0.4 is 9.46 Å². The molecule has 0 spiro atoms. The predicted molar refractivity (Wildman–Crippen MR) is 139 cm³/mol. The van der Waals surface area contributed by atoms with Gasteiger partial charge in [0.1, 0.15) is 17.9 Å². The number of sulfonamides is 1. The van der Waals surface area contributed by atoms with Crippen molar-refractivity contribution in [3.8, 4) is 5.75 Å². The standard InChI is InChI=1S/C29H30N2O3S/c1-20-11-16-25(17-12-20)35(32,33)31-28(24-13-14-24)21(2)26-18-15-23-9-6-10-27(29(23)30-26)34-19-22-7-4-3-5-8-22/h3-12,15-18,21,24,28,31H,13-14,19H2,1-2H3/t21-,28+/m0/s1. The van der Waals surface area contributed by atoms with E-state index in [1.165, 1.54) is 0 Å². The zero-order valence-electron chi connectivity index (χ0n) is 20.0. The summed E-state index contributed by atoms with van der Waals surface area (Å²) in [4.78, 5) is 5.27. The highest BCUT2D eigenvalue weighted by Crippen LogP contribution is 2.40. The zero-order valence-corrected chi connectivity index (χ0v) is 20.8. The second kappa shape index (κ2) is 9.80. The van der Waals surface area contributed by atoms with Gasteiger partial charge in [0.2, 0.25) is 10.0 Å². The highest BCUT2D eigenvalue weighted by Gasteiger charge is 2.38. The number of benzene rings is 3. The Bertz CT molecular complexity index is 1420. The van der Waals surface area contributed by atoms with E-state index in [2.05, 4.69) is 11.6 Å². The molecule has 1 fully saturated rings. The largest absolute Gasteiger partial charge is 0.487 e. The fraction of sp³-hybridized carbons (Fsp3) is 0.276. The summed E-state index contributed by atoms with van der Waals surface area (Å²) in [6, 6.07) is 26.8. The van der Waals surface area contributed by atoms with Gasteiger partial charge in [-0.05, 0) is 55.5 Å². The van der Waals surface area contributed by atoms with Crippen molar-refractivity contribution in [2.75, 3.05) is 0 Å². The van der Waals surface area contributed by atoms with Crippen molar-refractivity contribution >= 4 is 20.9 Å². The second-order valence-corrected chi connectivity index (χ2v) is 11.1. The van der Waals surface area contributed by atoms with Gasteiger partial charge in [0.15, 0.2) is 0 Å². The molecule has 1 saturated carbocycles. The molecular weight excluding hydrogens is 456 g/mol. The van der Waals surface area contributed by atoms with Crippen LogP contribution in [0, 0.1) is 12.8 Å². The van der Waals surface area contributed by atoms with Gasteiger partial charge in [0.05, 0.1) is 4.90 Å². The Morgan fingerprint density at radius 3 is 2.40 bits per heavy atom. The maximum Gasteiger partial charge on any atom is 0.240 e. The van der Waals surface area contributed by atoms with Gasteiger partial charge < -0.3 is 4.74 Å². The average Bonchev–Trinajstić information content (AvgIpc) is 3.72. The lowest BCUT2D eigenvalue weighted by molar-refractivity contribution is 0.309. The van der Waals surface area contributed by atoms with Crippen LogP contribution in [0.15, 0.2) is 89.8 Å². The monoisotopic (exact) mass is 486 g/mol. The first-order valence-electron chi connectivity index (χ1n) is 12.1. The van der Waals surface area contributed by atoms with Crippen molar-refractivity contribution in [1.82, 2.24) is 9.71 Å². The van der Waals surface area contributed by atoms with Crippen molar-refractivity contribution in [2.45, 2.75) is 50.2 Å². The zero-order chi connectivity index (χ0) is 24.4. The van der Waals surface area contributed by atoms with Crippen molar-refractivity contribution in [2.24, 2.45) is 5.92 Å². The number of nitrogens with one attached hydrogen (secondary N) is 1. The Morgan fingerprint density at radius 2 is 1.69 bits per heavy atom. The predicted octanol–water partition coefficient (Wildman–Crippen LogP) is 5.98. The number of hydrogen-bond donors (Lipinski definition) is 1. The summed E-state index contributed by atoms with van der Waals surface area (Å²) >= 11 is 0. The minimum atomic E-state index is -3.63. The molecule has 1 aliphatic carbocycles. The Labute approximate surface area is 207 Å². The molecule has 2 atom stereocenters. The van der Waals surface area contributed by atoms with E-state index in [-0.39, 0.29) is 12.0 Å². The number of ether oxygens (including phenoxy) is 1. The SMILES string of the molecule is Cc1ccc(S(=O)(=O)N[C@@H](C2CC2)[C@@H](C)c2ccc3cccc(OCc4ccccc4)c3n2)cc1. The van der Waals surface area contributed by atoms with Crippen LogP contribution in [0.25, 0.3) is 10.9 Å². The molecule has 0 saturated heterocycles. The van der Waals surface area contributed by atoms with Gasteiger partial charge in [0.25, 0.3) is 0 Å². The lowest BCUT2D eigenvalue weighted by atomic mass is 9.94. The highest BCUT2D eigenvalue weighted by atomic mass is 32.2. The molecule has 5 rings (SSSR count). The first-order valence-corrected chi connectivity index (χ1v) is 13.5. The molecule has 35 heavy (non-hydrogen) atoms. The summed E-state index contributed by atoms with van der Waals surface area (Å²) in [5.41, 5.74) is 3.77. The van der Waals surface area contributed by atoms with E-state index in [1.807, 2.05) is 79.7 Å². The Kier molecular flexibility index (Phi) is 6.58. The van der Waals surface area contributed by atoms with Gasteiger partial charge in [-0.15, -0.1) is 0 Å². The molecule has 0 unspecified atom stereocenters. The van der Waals surface area contributed by atoms with Crippen molar-refractivity contribution in [3.05, 3.63) is 102 Å². The summed E-state index contributed by atoms with van der Waals surface area (Å²) in [5.74, 6) is 0.949. The van der Waals surface area contributed by atoms with Crippen molar-refractivity contribution < 1.29 is 13.2 Å². The number of para-hydroxylation sites is 1. The van der Waals surface area contributed by atoms with Crippen LogP contribution in [-0.2, 0) is 16.6 Å². The van der Waals surface area contributed by atoms with E-state index in [0.29, 0.717) is 17.4 Å². The molecule has 0 bridgehead atoms. The van der Waals surface area contributed by atoms with Crippen LogP contribution in [0.4, 0.5) is 0 Å². The quantitative estimate of drug-likeness (QED) is 0.316. The molecule has 5 nitrogen and oxygen atoms in total. The number of nitrogens with zero attached hydrogens (tertiary/aromatic N) is 1. The highest BCUT2D eigenvalue weighted by molar-refractivity contribution is 7.89. The fourth-order valence-corrected chi connectivity index (χ4v) is 5.84. The van der Waals surface area contributed by atoms with Crippen LogP contribution in [0.1, 0.15) is 42.5 Å². The molecular formula is C29H30N2O3S. The van der Waals surface area contributed by atoms with Gasteiger partial charge >= 0.3 is 0 Å². The van der Waals surface area contributed by atoms with Gasteiger partial charge in [-0.25, -0.2) is 18.1 Å². The lowest BCUT2D eigenvalue weighted by Crippen LogP contribution is -2.40. The van der Waals surface area contributed by atoms with Gasteiger partial charge in [-0.3, -0.25) is 0 Å². The van der Waals surface area contributed by atoms with E-state index in [4.69, 9.17) is 9.72 Å². The van der Waals surface area contributed by atoms with Crippen LogP contribution >= 0.6 is 0 Å². The Morgan fingerprint density at radius 1 is 0.943 bits per heavy atom. The summed E-state index contributed by atoms with van der Waals surface area (Å²) in [6.07, 6.45) is 2.04. The smallest absolute Gasteiger partial charge is 0.240 e. The molecule has 4 aromatic rings. The lowest BCUT2D eigenvalue weighted by Gasteiger charge is -2.25. The summed E-state index contributed by atoms with van der Waals surface area (Å²) in [5, 5.41) is 0.995. The third kappa shape index (κ3) is 5.39. The van der Waals surface area contributed by atoms with Gasteiger partial charge in [0, 0.05) is 23.0 Å². The van der Waals surface area contributed by atoms with E-state index < -0.39 is 10.0 Å². The summed E-state index contributed by atoms with van der Waals surface area (Å²) in [6.45, 7) is 4.47. The first kappa shape index (κ1) is 23.5. The number of aromatic nitrogens is 1. The van der Waals surface area contributed by atoms with Crippen LogP contribution in [0.5, 0.6) is 5.75 Å². The molecule has 3 aromatic carbocycles. The number of hydrogen-bond acceptors (Lipinski definition) is 4. The average molecular weight is 487 g/mol. The van der Waals surface area contributed by atoms with E-state index in [0.717, 1.165) is 46.3 Å². The molecule has 0 aliphatic heterocycles. The van der Waals surface area contributed by atoms with Gasteiger partial charge in [-0.2, -0.15) is 0 Å². The van der Waals surface area contributed by atoms with Gasteiger partial charge in [-0.1, -0.05) is 73.2 Å². The van der Waals surface area contributed by atoms with Crippen molar-refractivity contribution in [1.29, 1.82) is 0 Å². The summed E-state index contributed by atoms with van der Waals surface area (Å²) < 4.78 is 35.4. The molecule has 180 valence electrons. The van der Waals surface area contributed by atoms with E-state index in [1.54, 1.807) is 12.1 Å². The minimum Gasteiger partial charge on any atom is -0.487 e. The van der Waals surface area contributed by atoms with E-state index >= 15 is 0 Å². The molecule has 1 aliphatic rings. The van der Waals surface area contributed by atoms with Crippen LogP contribution in [0.3, 0.4) is 0 Å². The number of fused-ring (bicyclic) bond motifs is 1. The molecule has 1 heterocycles. The van der Waals surface area contributed by atoms with Crippen molar-refractivity contribution in [3.63, 3.8) is 0 Å². The maximum absolute atomic E-state index is 13.2. The fourth-order valence-electron chi connectivity index (χ4n) is 4.45. The third-order valence-electron chi connectivity index (χ3n) is 6.70. The molecule has 1 N–H and O–H groups in total. The number of aryl methyl sites for hydroxylation is 1. The first-order chi connectivity index (χ1) is 16.9. The third-order valence-corrected chi connectivity index (χ3v) is 8.17. The van der Waals surface area contributed by atoms with Crippen LogP contribution in [-0.4, -0.2) is 19.4 Å². The topological polar surface area (TPSA) is 68.3 Å².